The summed E-state index contributed by atoms with van der Waals surface area (Å²) in [7, 11) is 0. The number of carboxylic acids is 1. The van der Waals surface area contributed by atoms with Crippen molar-refractivity contribution in [3.05, 3.63) is 74.6 Å². The highest BCUT2D eigenvalue weighted by Gasteiger charge is 2.19. The minimum atomic E-state index is -1.05. The van der Waals surface area contributed by atoms with Gasteiger partial charge in [0.25, 0.3) is 5.56 Å². The molecule has 0 bridgehead atoms. The highest BCUT2D eigenvalue weighted by Crippen LogP contribution is 2.25. The molecule has 0 aliphatic carbocycles. The quantitative estimate of drug-likeness (QED) is 0.759. The van der Waals surface area contributed by atoms with Crippen molar-refractivity contribution in [3.63, 3.8) is 0 Å². The fourth-order valence-corrected chi connectivity index (χ4v) is 3.01. The molecule has 5 heteroatoms. The first-order valence-corrected chi connectivity index (χ1v) is 7.43. The molecule has 0 atom stereocenters. The van der Waals surface area contributed by atoms with Crippen LogP contribution in [0.3, 0.4) is 0 Å². The van der Waals surface area contributed by atoms with Crippen LogP contribution < -0.4 is 5.56 Å². The molecule has 0 aliphatic heterocycles. The van der Waals surface area contributed by atoms with Crippen LogP contribution >= 0.6 is 15.9 Å². The molecule has 3 aromatic rings. The van der Waals surface area contributed by atoms with E-state index in [0.29, 0.717) is 22.2 Å². The number of carboxylic acid groups (broad SMARTS) is 1. The number of benzene rings is 2. The third kappa shape index (κ3) is 2.23. The fourth-order valence-electron chi connectivity index (χ4n) is 2.65. The van der Waals surface area contributed by atoms with Gasteiger partial charge < -0.3 is 5.11 Å². The Morgan fingerprint density at radius 1 is 1.09 bits per heavy atom. The number of aromatic carboxylic acids is 1. The number of para-hydroxylation sites is 1. The Hall–Kier alpha value is -2.40. The standard InChI is InChI=1S/C17H12BrNO3/c1-10-15(17(21)22)14-9-11(18)7-8-13(14)16(20)19(10)12-5-3-2-4-6-12/h2-9H,1H3,(H,21,22). The summed E-state index contributed by atoms with van der Waals surface area (Å²) in [6.45, 7) is 1.65. The molecule has 0 aliphatic rings. The number of hydrogen-bond acceptors (Lipinski definition) is 2. The molecule has 0 spiro atoms. The van der Waals surface area contributed by atoms with Crippen molar-refractivity contribution >= 4 is 32.7 Å². The van der Waals surface area contributed by atoms with Gasteiger partial charge in [-0.2, -0.15) is 0 Å². The molecular formula is C17H12BrNO3. The average Bonchev–Trinajstić information content (AvgIpc) is 2.47. The van der Waals surface area contributed by atoms with Crippen molar-refractivity contribution in [1.29, 1.82) is 0 Å². The van der Waals surface area contributed by atoms with Gasteiger partial charge in [0.2, 0.25) is 0 Å². The van der Waals surface area contributed by atoms with Gasteiger partial charge in [-0.25, -0.2) is 4.79 Å². The van der Waals surface area contributed by atoms with E-state index in [-0.39, 0.29) is 11.1 Å². The van der Waals surface area contributed by atoms with Gasteiger partial charge in [-0.05, 0) is 37.3 Å². The van der Waals surface area contributed by atoms with Gasteiger partial charge in [0, 0.05) is 26.6 Å². The van der Waals surface area contributed by atoms with Gasteiger partial charge in [0.05, 0.1) is 5.56 Å². The topological polar surface area (TPSA) is 59.3 Å². The van der Waals surface area contributed by atoms with Crippen LogP contribution in [0.25, 0.3) is 16.5 Å². The number of halogens is 1. The lowest BCUT2D eigenvalue weighted by Gasteiger charge is -2.15. The largest absolute Gasteiger partial charge is 0.478 e. The molecule has 0 unspecified atom stereocenters. The molecule has 1 heterocycles. The van der Waals surface area contributed by atoms with Crippen LogP contribution in [0.2, 0.25) is 0 Å². The minimum absolute atomic E-state index is 0.139. The SMILES string of the molecule is Cc1c(C(=O)O)c2cc(Br)ccc2c(=O)n1-c1ccccc1. The molecule has 1 N–H and O–H groups in total. The molecule has 3 rings (SSSR count). The molecule has 110 valence electrons. The maximum absolute atomic E-state index is 12.8. The number of carbonyl (C=O) groups is 1. The lowest BCUT2D eigenvalue weighted by Crippen LogP contribution is -2.24. The van der Waals surface area contributed by atoms with Gasteiger partial charge in [0.1, 0.15) is 0 Å². The molecular weight excluding hydrogens is 346 g/mol. The molecule has 1 aromatic heterocycles. The van der Waals surface area contributed by atoms with Crippen LogP contribution in [-0.4, -0.2) is 15.6 Å². The van der Waals surface area contributed by atoms with E-state index in [1.807, 2.05) is 18.2 Å². The number of hydrogen-bond donors (Lipinski definition) is 1. The molecule has 0 fully saturated rings. The Balaban J connectivity index is 2.53. The summed E-state index contributed by atoms with van der Waals surface area (Å²) >= 11 is 3.33. The Labute approximate surface area is 134 Å². The summed E-state index contributed by atoms with van der Waals surface area (Å²) in [6, 6.07) is 14.1. The number of nitrogens with zero attached hydrogens (tertiary/aromatic N) is 1. The Bertz CT molecular complexity index is 946. The van der Waals surface area contributed by atoms with Crippen LogP contribution in [0, 0.1) is 6.92 Å². The van der Waals surface area contributed by atoms with E-state index < -0.39 is 5.97 Å². The van der Waals surface area contributed by atoms with Crippen molar-refractivity contribution in [3.8, 4) is 5.69 Å². The minimum Gasteiger partial charge on any atom is -0.478 e. The first-order valence-electron chi connectivity index (χ1n) is 6.64. The molecule has 0 amide bonds. The summed E-state index contributed by atoms with van der Waals surface area (Å²) in [4.78, 5) is 24.5. The van der Waals surface area contributed by atoms with Crippen molar-refractivity contribution in [2.45, 2.75) is 6.92 Å². The maximum Gasteiger partial charge on any atom is 0.338 e. The summed E-state index contributed by atoms with van der Waals surface area (Å²) in [5.74, 6) is -1.05. The van der Waals surface area contributed by atoms with Crippen molar-refractivity contribution in [2.24, 2.45) is 0 Å². The lowest BCUT2D eigenvalue weighted by molar-refractivity contribution is 0.0697. The van der Waals surface area contributed by atoms with Crippen LogP contribution in [0.4, 0.5) is 0 Å². The van der Waals surface area contributed by atoms with Crippen LogP contribution in [0.5, 0.6) is 0 Å². The van der Waals surface area contributed by atoms with E-state index in [1.165, 1.54) is 4.57 Å². The molecule has 2 aromatic carbocycles. The summed E-state index contributed by atoms with van der Waals surface area (Å²) in [5.41, 5.74) is 0.975. The monoisotopic (exact) mass is 357 g/mol. The third-order valence-corrected chi connectivity index (χ3v) is 4.10. The van der Waals surface area contributed by atoms with E-state index in [0.717, 1.165) is 4.47 Å². The van der Waals surface area contributed by atoms with Crippen molar-refractivity contribution in [2.75, 3.05) is 0 Å². The smallest absolute Gasteiger partial charge is 0.338 e. The van der Waals surface area contributed by atoms with Gasteiger partial charge in [-0.15, -0.1) is 0 Å². The number of aromatic nitrogens is 1. The maximum atomic E-state index is 12.8. The fraction of sp³-hybridized carbons (Fsp3) is 0.0588. The summed E-state index contributed by atoms with van der Waals surface area (Å²) in [5, 5.41) is 10.4. The van der Waals surface area contributed by atoms with Gasteiger partial charge in [-0.3, -0.25) is 9.36 Å². The predicted molar refractivity (Wildman–Crippen MR) is 88.9 cm³/mol. The van der Waals surface area contributed by atoms with Crippen LogP contribution in [0.15, 0.2) is 57.8 Å². The van der Waals surface area contributed by atoms with Crippen molar-refractivity contribution in [1.82, 2.24) is 4.57 Å². The Morgan fingerprint density at radius 2 is 1.77 bits per heavy atom. The lowest BCUT2D eigenvalue weighted by atomic mass is 10.0. The second-order valence-electron chi connectivity index (χ2n) is 4.93. The molecule has 0 radical (unpaired) electrons. The van der Waals surface area contributed by atoms with Crippen LogP contribution in [-0.2, 0) is 0 Å². The normalized spacial score (nSPS) is 10.8. The summed E-state index contributed by atoms with van der Waals surface area (Å²) < 4.78 is 2.18. The second kappa shape index (κ2) is 5.42. The Morgan fingerprint density at radius 3 is 2.41 bits per heavy atom. The zero-order valence-electron chi connectivity index (χ0n) is 11.7. The number of rotatable bonds is 2. The first-order chi connectivity index (χ1) is 10.5. The molecule has 0 saturated heterocycles. The van der Waals surface area contributed by atoms with E-state index in [1.54, 1.807) is 37.3 Å². The highest BCUT2D eigenvalue weighted by atomic mass is 79.9. The zero-order valence-corrected chi connectivity index (χ0v) is 13.3. The van der Waals surface area contributed by atoms with Gasteiger partial charge >= 0.3 is 5.97 Å². The zero-order chi connectivity index (χ0) is 15.9. The second-order valence-corrected chi connectivity index (χ2v) is 5.85. The average molecular weight is 358 g/mol. The number of pyridine rings is 1. The first kappa shape index (κ1) is 14.5. The summed E-state index contributed by atoms with van der Waals surface area (Å²) in [6.07, 6.45) is 0. The molecule has 22 heavy (non-hydrogen) atoms. The van der Waals surface area contributed by atoms with E-state index in [2.05, 4.69) is 15.9 Å². The van der Waals surface area contributed by atoms with Gasteiger partial charge in [-0.1, -0.05) is 34.1 Å². The van der Waals surface area contributed by atoms with Crippen molar-refractivity contribution < 1.29 is 9.90 Å². The third-order valence-electron chi connectivity index (χ3n) is 3.61. The Kier molecular flexibility index (Phi) is 3.58. The highest BCUT2D eigenvalue weighted by molar-refractivity contribution is 9.10. The van der Waals surface area contributed by atoms with Crippen LogP contribution in [0.1, 0.15) is 16.1 Å². The van der Waals surface area contributed by atoms with E-state index in [9.17, 15) is 14.7 Å². The molecule has 4 nitrogen and oxygen atoms in total. The van der Waals surface area contributed by atoms with E-state index >= 15 is 0 Å². The van der Waals surface area contributed by atoms with E-state index in [4.69, 9.17) is 0 Å². The molecule has 0 saturated carbocycles. The van der Waals surface area contributed by atoms with Gasteiger partial charge in [0.15, 0.2) is 0 Å². The number of fused-ring (bicyclic) bond motifs is 1. The predicted octanol–water partition coefficient (Wildman–Crippen LogP) is 3.76.